The van der Waals surface area contributed by atoms with Crippen molar-refractivity contribution in [2.45, 2.75) is 13.8 Å². The molecule has 84 valence electrons. The van der Waals surface area contributed by atoms with E-state index in [0.717, 1.165) is 11.4 Å². The largest absolute Gasteiger partial charge is 0.353 e. The molecule has 2 rings (SSSR count). The minimum Gasteiger partial charge on any atom is -0.353 e. The van der Waals surface area contributed by atoms with E-state index in [1.165, 1.54) is 11.1 Å². The highest BCUT2D eigenvalue weighted by atomic mass is 14.9. The highest BCUT2D eigenvalue weighted by molar-refractivity contribution is 5.68. The van der Waals surface area contributed by atoms with Crippen molar-refractivity contribution in [3.63, 3.8) is 0 Å². The molecule has 2 aromatic rings. The van der Waals surface area contributed by atoms with Gasteiger partial charge in [0.2, 0.25) is 0 Å². The van der Waals surface area contributed by atoms with Gasteiger partial charge >= 0.3 is 0 Å². The fraction of sp³-hybridized carbons (Fsp3) is 0.143. The van der Waals surface area contributed by atoms with Crippen LogP contribution in [0.1, 0.15) is 16.7 Å². The lowest BCUT2D eigenvalue weighted by atomic mass is 10.1. The Morgan fingerprint density at radius 3 is 2.76 bits per heavy atom. The van der Waals surface area contributed by atoms with Gasteiger partial charge in [0.15, 0.2) is 0 Å². The van der Waals surface area contributed by atoms with E-state index in [1.54, 1.807) is 18.5 Å². The van der Waals surface area contributed by atoms with Gasteiger partial charge in [-0.05, 0) is 37.1 Å². The van der Waals surface area contributed by atoms with Crippen LogP contribution in [-0.2, 0) is 0 Å². The molecule has 0 unspecified atom stereocenters. The first-order valence-corrected chi connectivity index (χ1v) is 5.39. The smallest absolute Gasteiger partial charge is 0.101 e. The summed E-state index contributed by atoms with van der Waals surface area (Å²) >= 11 is 0. The predicted molar refractivity (Wildman–Crippen MR) is 68.2 cm³/mol. The quantitative estimate of drug-likeness (QED) is 0.849. The van der Waals surface area contributed by atoms with Crippen LogP contribution >= 0.6 is 0 Å². The highest BCUT2D eigenvalue weighted by Crippen LogP contribution is 2.24. The van der Waals surface area contributed by atoms with Crippen LogP contribution in [0.5, 0.6) is 0 Å². The van der Waals surface area contributed by atoms with Crippen molar-refractivity contribution < 1.29 is 0 Å². The van der Waals surface area contributed by atoms with Gasteiger partial charge in [0, 0.05) is 11.9 Å². The molecule has 0 fully saturated rings. The molecule has 1 aromatic heterocycles. The van der Waals surface area contributed by atoms with Gasteiger partial charge in [-0.25, -0.2) is 0 Å². The van der Waals surface area contributed by atoms with E-state index < -0.39 is 0 Å². The van der Waals surface area contributed by atoms with Gasteiger partial charge in [-0.2, -0.15) is 5.26 Å². The Balaban J connectivity index is 2.39. The standard InChI is InChI=1S/C14H13N3/c1-10-4-3-5-13(11(10)2)17-14-9-16-7-6-12(14)8-15/h3-7,9,17H,1-2H3. The van der Waals surface area contributed by atoms with Crippen molar-refractivity contribution in [1.29, 1.82) is 5.26 Å². The molecular formula is C14H13N3. The fourth-order valence-electron chi connectivity index (χ4n) is 1.62. The van der Waals surface area contributed by atoms with E-state index in [2.05, 4.69) is 36.3 Å². The van der Waals surface area contributed by atoms with E-state index >= 15 is 0 Å². The van der Waals surface area contributed by atoms with Gasteiger partial charge in [0.1, 0.15) is 6.07 Å². The number of hydrogen-bond donors (Lipinski definition) is 1. The summed E-state index contributed by atoms with van der Waals surface area (Å²) in [6, 6.07) is 9.90. The molecule has 0 aliphatic rings. The Labute approximate surface area is 101 Å². The molecule has 0 saturated heterocycles. The lowest BCUT2D eigenvalue weighted by Crippen LogP contribution is -1.97. The molecule has 1 aromatic carbocycles. The van der Waals surface area contributed by atoms with Gasteiger partial charge in [-0.3, -0.25) is 4.98 Å². The van der Waals surface area contributed by atoms with E-state index in [0.29, 0.717) is 5.56 Å². The molecule has 0 saturated carbocycles. The van der Waals surface area contributed by atoms with Gasteiger partial charge in [-0.1, -0.05) is 12.1 Å². The Hall–Kier alpha value is -2.34. The summed E-state index contributed by atoms with van der Waals surface area (Å²) in [6.45, 7) is 4.12. The molecule has 3 nitrogen and oxygen atoms in total. The normalized spacial score (nSPS) is 9.71. The number of hydrogen-bond acceptors (Lipinski definition) is 3. The molecule has 0 aliphatic carbocycles. The zero-order valence-corrected chi connectivity index (χ0v) is 9.86. The monoisotopic (exact) mass is 223 g/mol. The molecule has 0 atom stereocenters. The van der Waals surface area contributed by atoms with E-state index in [9.17, 15) is 0 Å². The van der Waals surface area contributed by atoms with Crippen LogP contribution in [0, 0.1) is 25.2 Å². The number of aromatic nitrogens is 1. The number of nitrogens with one attached hydrogen (secondary N) is 1. The minimum absolute atomic E-state index is 0.598. The maximum Gasteiger partial charge on any atom is 0.101 e. The number of rotatable bonds is 2. The minimum atomic E-state index is 0.598. The SMILES string of the molecule is Cc1cccc(Nc2cnccc2C#N)c1C. The van der Waals surface area contributed by atoms with Crippen LogP contribution < -0.4 is 5.32 Å². The first-order chi connectivity index (χ1) is 8.22. The maximum atomic E-state index is 9.00. The predicted octanol–water partition coefficient (Wildman–Crippen LogP) is 3.31. The molecule has 17 heavy (non-hydrogen) atoms. The lowest BCUT2D eigenvalue weighted by molar-refractivity contribution is 1.28. The summed E-state index contributed by atoms with van der Waals surface area (Å²) < 4.78 is 0. The fourth-order valence-corrected chi connectivity index (χ4v) is 1.62. The summed E-state index contributed by atoms with van der Waals surface area (Å²) in [5.41, 5.74) is 4.75. The van der Waals surface area contributed by atoms with Gasteiger partial charge in [0.25, 0.3) is 0 Å². The third-order valence-electron chi connectivity index (χ3n) is 2.82. The number of benzene rings is 1. The first-order valence-electron chi connectivity index (χ1n) is 5.39. The van der Waals surface area contributed by atoms with Crippen LogP contribution in [0.25, 0.3) is 0 Å². The molecule has 0 bridgehead atoms. The van der Waals surface area contributed by atoms with E-state index in [4.69, 9.17) is 5.26 Å². The van der Waals surface area contributed by atoms with Crippen LogP contribution in [0.15, 0.2) is 36.7 Å². The summed E-state index contributed by atoms with van der Waals surface area (Å²) in [5, 5.41) is 12.3. The van der Waals surface area contributed by atoms with Crippen LogP contribution in [0.4, 0.5) is 11.4 Å². The summed E-state index contributed by atoms with van der Waals surface area (Å²) in [6.07, 6.45) is 3.28. The number of nitriles is 1. The number of anilines is 2. The molecule has 0 spiro atoms. The topological polar surface area (TPSA) is 48.7 Å². The first kappa shape index (κ1) is 11.2. The number of nitrogens with zero attached hydrogens (tertiary/aromatic N) is 2. The molecule has 3 heteroatoms. The second-order valence-electron chi connectivity index (χ2n) is 3.91. The van der Waals surface area contributed by atoms with E-state index in [1.807, 2.05) is 12.1 Å². The maximum absolute atomic E-state index is 9.00. The molecule has 0 aliphatic heterocycles. The second-order valence-corrected chi connectivity index (χ2v) is 3.91. The van der Waals surface area contributed by atoms with Crippen molar-refractivity contribution in [2.75, 3.05) is 5.32 Å². The van der Waals surface area contributed by atoms with E-state index in [-0.39, 0.29) is 0 Å². The summed E-state index contributed by atoms with van der Waals surface area (Å²) in [7, 11) is 0. The molecule has 0 amide bonds. The third-order valence-corrected chi connectivity index (χ3v) is 2.82. The third kappa shape index (κ3) is 2.26. The van der Waals surface area contributed by atoms with Crippen molar-refractivity contribution in [3.8, 4) is 6.07 Å². The number of pyridine rings is 1. The van der Waals surface area contributed by atoms with Crippen LogP contribution in [0.3, 0.4) is 0 Å². The van der Waals surface area contributed by atoms with Crippen molar-refractivity contribution >= 4 is 11.4 Å². The van der Waals surface area contributed by atoms with Gasteiger partial charge < -0.3 is 5.32 Å². The Kier molecular flexibility index (Phi) is 3.06. The summed E-state index contributed by atoms with van der Waals surface area (Å²) in [4.78, 5) is 4.03. The Morgan fingerprint density at radius 2 is 2.00 bits per heavy atom. The molecule has 1 N–H and O–H groups in total. The Morgan fingerprint density at radius 1 is 1.18 bits per heavy atom. The van der Waals surface area contributed by atoms with Gasteiger partial charge in [0.05, 0.1) is 17.4 Å². The highest BCUT2D eigenvalue weighted by Gasteiger charge is 2.04. The average molecular weight is 223 g/mol. The van der Waals surface area contributed by atoms with Crippen molar-refractivity contribution in [1.82, 2.24) is 4.98 Å². The van der Waals surface area contributed by atoms with Gasteiger partial charge in [-0.15, -0.1) is 0 Å². The number of aryl methyl sites for hydroxylation is 1. The zero-order chi connectivity index (χ0) is 12.3. The van der Waals surface area contributed by atoms with Crippen LogP contribution in [0.2, 0.25) is 0 Å². The Bertz CT molecular complexity index is 582. The lowest BCUT2D eigenvalue weighted by Gasteiger charge is -2.11. The van der Waals surface area contributed by atoms with Crippen LogP contribution in [-0.4, -0.2) is 4.98 Å². The van der Waals surface area contributed by atoms with Crippen molar-refractivity contribution in [3.05, 3.63) is 53.3 Å². The molecule has 0 radical (unpaired) electrons. The summed E-state index contributed by atoms with van der Waals surface area (Å²) in [5.74, 6) is 0. The molecular weight excluding hydrogens is 210 g/mol. The van der Waals surface area contributed by atoms with Crippen molar-refractivity contribution in [2.24, 2.45) is 0 Å². The second kappa shape index (κ2) is 4.67. The zero-order valence-electron chi connectivity index (χ0n) is 9.86. The average Bonchev–Trinajstić information content (AvgIpc) is 2.35. The molecule has 1 heterocycles.